The number of pyridine rings is 1. The van der Waals surface area contributed by atoms with E-state index in [1.165, 1.54) is 7.11 Å². The maximum Gasteiger partial charge on any atom is 0.346 e. The molecule has 0 aliphatic heterocycles. The van der Waals surface area contributed by atoms with Crippen LogP contribution >= 0.6 is 0 Å². The summed E-state index contributed by atoms with van der Waals surface area (Å²) in [6.07, 6.45) is 1.04. The minimum absolute atomic E-state index is 0.396. The molecule has 1 atom stereocenters. The molecule has 4 heteroatoms. The molecule has 0 fully saturated rings. The van der Waals surface area contributed by atoms with E-state index in [4.69, 9.17) is 4.74 Å². The first-order valence-electron chi connectivity index (χ1n) is 5.72. The maximum absolute atomic E-state index is 11.4. The molecule has 1 aromatic heterocycles. The lowest BCUT2D eigenvalue weighted by atomic mass is 10.1. The summed E-state index contributed by atoms with van der Waals surface area (Å²) in [7, 11) is 1.34. The SMILES string of the molecule is COC(=O)C(C)Oc1ccnc2c(C)cccc12. The standard InChI is InChI=1S/C14H15NO3/c1-9-5-4-6-11-12(7-8-15-13(9)11)18-10(2)14(16)17-3/h4-8,10H,1-3H3. The number of rotatable bonds is 3. The predicted molar refractivity (Wildman–Crippen MR) is 68.6 cm³/mol. The fourth-order valence-corrected chi connectivity index (χ4v) is 1.81. The molecule has 2 rings (SSSR count). The van der Waals surface area contributed by atoms with Gasteiger partial charge in [-0.05, 0) is 31.5 Å². The van der Waals surface area contributed by atoms with E-state index in [-0.39, 0.29) is 0 Å². The summed E-state index contributed by atoms with van der Waals surface area (Å²) in [5, 5.41) is 0.897. The van der Waals surface area contributed by atoms with Gasteiger partial charge in [0, 0.05) is 11.6 Å². The van der Waals surface area contributed by atoms with Crippen molar-refractivity contribution in [1.29, 1.82) is 0 Å². The van der Waals surface area contributed by atoms with Crippen molar-refractivity contribution in [3.8, 4) is 5.75 Å². The average Bonchev–Trinajstić information content (AvgIpc) is 2.39. The van der Waals surface area contributed by atoms with E-state index in [1.54, 1.807) is 19.2 Å². The molecule has 1 unspecified atom stereocenters. The van der Waals surface area contributed by atoms with Gasteiger partial charge in [-0.2, -0.15) is 0 Å². The first-order chi connectivity index (χ1) is 8.63. The molecule has 0 aliphatic rings. The lowest BCUT2D eigenvalue weighted by Gasteiger charge is -2.14. The number of benzene rings is 1. The predicted octanol–water partition coefficient (Wildman–Crippen LogP) is 2.48. The van der Waals surface area contributed by atoms with Gasteiger partial charge >= 0.3 is 5.97 Å². The van der Waals surface area contributed by atoms with Crippen LogP contribution in [0.1, 0.15) is 12.5 Å². The molecule has 4 nitrogen and oxygen atoms in total. The fourth-order valence-electron chi connectivity index (χ4n) is 1.81. The summed E-state index contributed by atoms with van der Waals surface area (Å²) in [6.45, 7) is 3.65. The van der Waals surface area contributed by atoms with Crippen molar-refractivity contribution in [3.05, 3.63) is 36.0 Å². The molecule has 0 spiro atoms. The topological polar surface area (TPSA) is 48.4 Å². The van der Waals surface area contributed by atoms with E-state index in [1.807, 2.05) is 25.1 Å². The Morgan fingerprint density at radius 1 is 1.33 bits per heavy atom. The van der Waals surface area contributed by atoms with Gasteiger partial charge in [0.15, 0.2) is 6.10 Å². The first-order valence-corrected chi connectivity index (χ1v) is 5.72. The number of aryl methyl sites for hydroxylation is 1. The van der Waals surface area contributed by atoms with Gasteiger partial charge in [-0.1, -0.05) is 12.1 Å². The van der Waals surface area contributed by atoms with Gasteiger partial charge in [-0.3, -0.25) is 4.98 Å². The number of hydrogen-bond acceptors (Lipinski definition) is 4. The smallest absolute Gasteiger partial charge is 0.346 e. The van der Waals surface area contributed by atoms with Crippen LogP contribution < -0.4 is 4.74 Å². The third-order valence-corrected chi connectivity index (χ3v) is 2.77. The minimum Gasteiger partial charge on any atom is -0.478 e. The second kappa shape index (κ2) is 5.04. The van der Waals surface area contributed by atoms with Crippen LogP contribution in [0.3, 0.4) is 0 Å². The summed E-state index contributed by atoms with van der Waals surface area (Å²) >= 11 is 0. The Bertz CT molecular complexity index is 580. The van der Waals surface area contributed by atoms with Crippen molar-refractivity contribution in [2.45, 2.75) is 20.0 Å². The molecule has 0 N–H and O–H groups in total. The van der Waals surface area contributed by atoms with Crippen molar-refractivity contribution in [2.24, 2.45) is 0 Å². The summed E-state index contributed by atoms with van der Waals surface area (Å²) < 4.78 is 10.3. The third-order valence-electron chi connectivity index (χ3n) is 2.77. The van der Waals surface area contributed by atoms with Gasteiger partial charge < -0.3 is 9.47 Å². The first kappa shape index (κ1) is 12.4. The molecule has 0 bridgehead atoms. The van der Waals surface area contributed by atoms with E-state index >= 15 is 0 Å². The number of para-hydroxylation sites is 1. The van der Waals surface area contributed by atoms with Crippen LogP contribution in [0.4, 0.5) is 0 Å². The number of nitrogens with zero attached hydrogens (tertiary/aromatic N) is 1. The highest BCUT2D eigenvalue weighted by Crippen LogP contribution is 2.26. The number of hydrogen-bond donors (Lipinski definition) is 0. The maximum atomic E-state index is 11.4. The minimum atomic E-state index is -0.638. The second-order valence-electron chi connectivity index (χ2n) is 4.06. The Morgan fingerprint density at radius 2 is 2.11 bits per heavy atom. The summed E-state index contributed by atoms with van der Waals surface area (Å²) in [4.78, 5) is 15.7. The van der Waals surface area contributed by atoms with Gasteiger partial charge in [0.1, 0.15) is 5.75 Å². The molecule has 0 saturated carbocycles. The molecule has 94 valence electrons. The largest absolute Gasteiger partial charge is 0.478 e. The molecule has 1 aromatic carbocycles. The molecule has 0 radical (unpaired) electrons. The van der Waals surface area contributed by atoms with E-state index in [9.17, 15) is 4.79 Å². The zero-order chi connectivity index (χ0) is 13.1. The number of aromatic nitrogens is 1. The van der Waals surface area contributed by atoms with Crippen molar-refractivity contribution in [1.82, 2.24) is 4.98 Å². The van der Waals surface area contributed by atoms with Crippen LogP contribution in [0, 0.1) is 6.92 Å². The number of fused-ring (bicyclic) bond motifs is 1. The van der Waals surface area contributed by atoms with E-state index in [2.05, 4.69) is 9.72 Å². The molecule has 0 saturated heterocycles. The van der Waals surface area contributed by atoms with Gasteiger partial charge in [0.05, 0.1) is 12.6 Å². The molecule has 18 heavy (non-hydrogen) atoms. The molecule has 2 aromatic rings. The normalized spacial score (nSPS) is 12.2. The Kier molecular flexibility index (Phi) is 3.46. The van der Waals surface area contributed by atoms with E-state index in [0.29, 0.717) is 5.75 Å². The van der Waals surface area contributed by atoms with Crippen molar-refractivity contribution in [2.75, 3.05) is 7.11 Å². The Labute approximate surface area is 106 Å². The number of ether oxygens (including phenoxy) is 2. The molecule has 0 aliphatic carbocycles. The van der Waals surface area contributed by atoms with Crippen LogP contribution in [-0.2, 0) is 9.53 Å². The van der Waals surface area contributed by atoms with Crippen LogP contribution in [-0.4, -0.2) is 24.2 Å². The van der Waals surface area contributed by atoms with Crippen LogP contribution in [0.15, 0.2) is 30.5 Å². The van der Waals surface area contributed by atoms with Crippen LogP contribution in [0.5, 0.6) is 5.75 Å². The fraction of sp³-hybridized carbons (Fsp3) is 0.286. The van der Waals surface area contributed by atoms with Gasteiger partial charge in [-0.25, -0.2) is 4.79 Å². The number of carbonyl (C=O) groups is 1. The van der Waals surface area contributed by atoms with Crippen molar-refractivity contribution in [3.63, 3.8) is 0 Å². The lowest BCUT2D eigenvalue weighted by Crippen LogP contribution is -2.25. The van der Waals surface area contributed by atoms with Gasteiger partial charge in [-0.15, -0.1) is 0 Å². The Hall–Kier alpha value is -2.10. The highest BCUT2D eigenvalue weighted by atomic mass is 16.6. The molecular formula is C14H15NO3. The summed E-state index contributed by atoms with van der Waals surface area (Å²) in [6, 6.07) is 7.60. The highest BCUT2D eigenvalue weighted by molar-refractivity contribution is 5.87. The Balaban J connectivity index is 2.40. The van der Waals surface area contributed by atoms with Crippen LogP contribution in [0.25, 0.3) is 10.9 Å². The zero-order valence-corrected chi connectivity index (χ0v) is 10.6. The number of methoxy groups -OCH3 is 1. The highest BCUT2D eigenvalue weighted by Gasteiger charge is 2.16. The third kappa shape index (κ3) is 2.27. The monoisotopic (exact) mass is 245 g/mol. The van der Waals surface area contributed by atoms with Crippen LogP contribution in [0.2, 0.25) is 0 Å². The van der Waals surface area contributed by atoms with E-state index in [0.717, 1.165) is 16.5 Å². The number of carbonyl (C=O) groups excluding carboxylic acids is 1. The summed E-state index contributed by atoms with van der Waals surface area (Å²) in [5.41, 5.74) is 1.95. The average molecular weight is 245 g/mol. The molecule has 1 heterocycles. The molecular weight excluding hydrogens is 230 g/mol. The second-order valence-corrected chi connectivity index (χ2v) is 4.06. The lowest BCUT2D eigenvalue weighted by molar-refractivity contribution is -0.147. The quantitative estimate of drug-likeness (QED) is 0.779. The summed E-state index contributed by atoms with van der Waals surface area (Å²) in [5.74, 6) is 0.245. The van der Waals surface area contributed by atoms with Gasteiger partial charge in [0.2, 0.25) is 0 Å². The Morgan fingerprint density at radius 3 is 2.83 bits per heavy atom. The van der Waals surface area contributed by atoms with Crippen molar-refractivity contribution < 1.29 is 14.3 Å². The zero-order valence-electron chi connectivity index (χ0n) is 10.6. The number of esters is 1. The molecule has 0 amide bonds. The van der Waals surface area contributed by atoms with Gasteiger partial charge in [0.25, 0.3) is 0 Å². The van der Waals surface area contributed by atoms with Crippen molar-refractivity contribution >= 4 is 16.9 Å². The van der Waals surface area contributed by atoms with E-state index < -0.39 is 12.1 Å².